The van der Waals surface area contributed by atoms with Gasteiger partial charge in [-0.15, -0.1) is 6.58 Å². The second-order valence-corrected chi connectivity index (χ2v) is 11.3. The highest BCUT2D eigenvalue weighted by Gasteiger charge is 2.36. The molecule has 0 aromatic carbocycles. The van der Waals surface area contributed by atoms with Gasteiger partial charge in [0.05, 0.1) is 17.9 Å². The third kappa shape index (κ3) is 10.6. The number of ether oxygens (including phenoxy) is 4. The number of nitrogens with one attached hydrogen (secondary N) is 2. The fourth-order valence-corrected chi connectivity index (χ4v) is 5.46. The average molecular weight is 634 g/mol. The van der Waals surface area contributed by atoms with Gasteiger partial charge in [-0.3, -0.25) is 4.79 Å². The summed E-state index contributed by atoms with van der Waals surface area (Å²) in [6.45, 7) is 10.9. The molecule has 250 valence electrons. The number of aliphatic hydroxyl groups excluding tert-OH is 2. The zero-order valence-electron chi connectivity index (χ0n) is 26.7. The number of fused-ring (bicyclic) bond motifs is 2. The minimum absolute atomic E-state index is 0.0531. The largest absolute Gasteiger partial charge is 0.506 e. The van der Waals surface area contributed by atoms with Gasteiger partial charge in [-0.25, -0.2) is 9.59 Å². The molecule has 13 nitrogen and oxygen atoms in total. The summed E-state index contributed by atoms with van der Waals surface area (Å²) >= 11 is 0. The molecule has 1 heterocycles. The van der Waals surface area contributed by atoms with E-state index in [0.29, 0.717) is 23.3 Å². The molecule has 7 N–H and O–H groups in total. The van der Waals surface area contributed by atoms with Crippen LogP contribution >= 0.6 is 0 Å². The van der Waals surface area contributed by atoms with Crippen molar-refractivity contribution >= 4 is 18.2 Å². The van der Waals surface area contributed by atoms with Crippen LogP contribution in [0.2, 0.25) is 0 Å². The van der Waals surface area contributed by atoms with E-state index in [2.05, 4.69) is 17.2 Å². The minimum atomic E-state index is -1.57. The molecule has 0 saturated heterocycles. The van der Waals surface area contributed by atoms with Gasteiger partial charge >= 0.3 is 12.2 Å². The van der Waals surface area contributed by atoms with Gasteiger partial charge in [-0.05, 0) is 49.8 Å². The summed E-state index contributed by atoms with van der Waals surface area (Å²) < 4.78 is 21.9. The molecule has 2 rings (SSSR count). The van der Waals surface area contributed by atoms with Gasteiger partial charge in [-0.2, -0.15) is 0 Å². The van der Waals surface area contributed by atoms with Crippen molar-refractivity contribution in [2.45, 2.75) is 77.2 Å². The summed E-state index contributed by atoms with van der Waals surface area (Å²) in [5.74, 6) is -1.26. The molecule has 2 amide bonds. The predicted octanol–water partition coefficient (Wildman–Crippen LogP) is 2.82. The quantitative estimate of drug-likeness (QED) is 0.178. The van der Waals surface area contributed by atoms with E-state index in [1.165, 1.54) is 26.4 Å². The van der Waals surface area contributed by atoms with Gasteiger partial charge in [0, 0.05) is 38.0 Å². The molecule has 0 spiro atoms. The SMILES string of the molecule is C=CCNC1=C2C[C@@H](C)C[C@H](OC)[C@H](O)[C@@H](C)/C=C(\C)[C@@H](OC(N)=O)[C@@H](OC)/C=C/C=C(/C)C(=O)NC(=CC1O)C2OC(=O)O. The molecular weight excluding hydrogens is 586 g/mol. The number of aliphatic hydroxyl groups is 2. The van der Waals surface area contributed by atoms with Gasteiger partial charge in [0.1, 0.15) is 12.2 Å². The third-order valence-corrected chi connectivity index (χ3v) is 7.71. The van der Waals surface area contributed by atoms with Crippen molar-refractivity contribution in [1.82, 2.24) is 10.6 Å². The van der Waals surface area contributed by atoms with Gasteiger partial charge in [0.2, 0.25) is 0 Å². The molecule has 1 aliphatic heterocycles. The number of carbonyl (C=O) groups excluding carboxylic acids is 2. The summed E-state index contributed by atoms with van der Waals surface area (Å²) in [4.78, 5) is 36.8. The lowest BCUT2D eigenvalue weighted by atomic mass is 9.84. The first kappa shape index (κ1) is 37.3. The summed E-state index contributed by atoms with van der Waals surface area (Å²) in [7, 11) is 2.90. The number of allylic oxidation sites excluding steroid dienone is 2. The first-order valence-corrected chi connectivity index (χ1v) is 14.6. The van der Waals surface area contributed by atoms with Crippen LogP contribution in [-0.2, 0) is 23.7 Å². The Bertz CT molecular complexity index is 1240. The Morgan fingerprint density at radius 2 is 1.84 bits per heavy atom. The number of primary amides is 1. The smallest absolute Gasteiger partial charge is 0.450 e. The number of methoxy groups -OCH3 is 2. The van der Waals surface area contributed by atoms with E-state index in [9.17, 15) is 29.7 Å². The van der Waals surface area contributed by atoms with E-state index in [1.807, 2.05) is 6.92 Å². The van der Waals surface area contributed by atoms with Crippen LogP contribution in [-0.4, -0.2) is 90.9 Å². The van der Waals surface area contributed by atoms with Gasteiger partial charge < -0.3 is 50.6 Å². The summed E-state index contributed by atoms with van der Waals surface area (Å²) in [6.07, 6.45) is 1.41. The van der Waals surface area contributed by atoms with Crippen molar-refractivity contribution in [1.29, 1.82) is 0 Å². The van der Waals surface area contributed by atoms with E-state index >= 15 is 0 Å². The molecule has 2 bridgehead atoms. The minimum Gasteiger partial charge on any atom is -0.450 e. The number of nitrogens with two attached hydrogens (primary N) is 1. The number of carbonyl (C=O) groups is 3. The number of hydrogen-bond donors (Lipinski definition) is 6. The second-order valence-electron chi connectivity index (χ2n) is 11.3. The van der Waals surface area contributed by atoms with Crippen LogP contribution in [0.15, 0.2) is 71.1 Å². The number of hydrogen-bond acceptors (Lipinski definition) is 10. The summed E-state index contributed by atoms with van der Waals surface area (Å²) in [5.41, 5.74) is 6.96. The van der Waals surface area contributed by atoms with Crippen molar-refractivity contribution in [3.05, 3.63) is 71.1 Å². The molecule has 45 heavy (non-hydrogen) atoms. The van der Waals surface area contributed by atoms with Crippen LogP contribution in [0.25, 0.3) is 0 Å². The van der Waals surface area contributed by atoms with Crippen molar-refractivity contribution in [2.75, 3.05) is 20.8 Å². The molecule has 1 aliphatic carbocycles. The average Bonchev–Trinajstić information content (AvgIpc) is 2.97. The van der Waals surface area contributed by atoms with E-state index in [0.717, 1.165) is 0 Å². The normalized spacial score (nSPS) is 33.3. The molecule has 2 unspecified atom stereocenters. The van der Waals surface area contributed by atoms with Crippen LogP contribution in [0.5, 0.6) is 0 Å². The molecule has 0 aromatic heterocycles. The Morgan fingerprint density at radius 1 is 1.16 bits per heavy atom. The standard InChI is InChI=1S/C32H47N3O10/c1-8-12-34-26-21-13-17(2)14-25(43-7)27(37)19(4)15-20(5)28(44-31(33)39)24(42-6)11-9-10-18(3)30(38)35-22(16-23(26)36)29(21)45-32(40)41/h8-11,15-17,19,23-25,27-29,34,36-37H,1,12-14H2,2-7H3,(H2,33,39)(H,35,38)(H,40,41)/b11-9+,18-10-,20-15+/t17-,19+,23?,24+,25+,27-,28-,29?/m1/s1. The van der Waals surface area contributed by atoms with Crippen molar-refractivity contribution < 1.29 is 48.7 Å². The van der Waals surface area contributed by atoms with Gasteiger partial charge in [0.25, 0.3) is 5.91 Å². The van der Waals surface area contributed by atoms with E-state index in [4.69, 9.17) is 24.7 Å². The van der Waals surface area contributed by atoms with Gasteiger partial charge in [-0.1, -0.05) is 44.2 Å². The predicted molar refractivity (Wildman–Crippen MR) is 167 cm³/mol. The van der Waals surface area contributed by atoms with Crippen LogP contribution < -0.4 is 16.4 Å². The molecular formula is C32H47N3O10. The first-order chi connectivity index (χ1) is 21.2. The Labute approximate surface area is 264 Å². The van der Waals surface area contributed by atoms with Crippen LogP contribution in [0, 0.1) is 11.8 Å². The Kier molecular flexibility index (Phi) is 14.5. The summed E-state index contributed by atoms with van der Waals surface area (Å²) in [5, 5.41) is 37.8. The first-order valence-electron chi connectivity index (χ1n) is 14.6. The molecule has 0 aromatic rings. The fourth-order valence-electron chi connectivity index (χ4n) is 5.46. The Balaban J connectivity index is 2.71. The van der Waals surface area contributed by atoms with Crippen molar-refractivity contribution in [2.24, 2.45) is 17.6 Å². The number of carboxylic acid groups (broad SMARTS) is 1. The second kappa shape index (κ2) is 17.5. The monoisotopic (exact) mass is 633 g/mol. The fraction of sp³-hybridized carbons (Fsp3) is 0.531. The van der Waals surface area contributed by atoms with Crippen LogP contribution in [0.4, 0.5) is 9.59 Å². The highest BCUT2D eigenvalue weighted by atomic mass is 16.7. The zero-order chi connectivity index (χ0) is 33.8. The van der Waals surface area contributed by atoms with E-state index in [-0.39, 0.29) is 30.2 Å². The lowest BCUT2D eigenvalue weighted by Gasteiger charge is -2.34. The van der Waals surface area contributed by atoms with Crippen LogP contribution in [0.1, 0.15) is 40.5 Å². The third-order valence-electron chi connectivity index (χ3n) is 7.71. The molecule has 0 radical (unpaired) electrons. The Hall–Kier alpha value is -3.91. The lowest BCUT2D eigenvalue weighted by molar-refractivity contribution is -0.117. The molecule has 0 saturated carbocycles. The number of rotatable bonds is 7. The molecule has 0 fully saturated rings. The zero-order valence-corrected chi connectivity index (χ0v) is 26.7. The van der Waals surface area contributed by atoms with E-state index < -0.39 is 60.7 Å². The highest BCUT2D eigenvalue weighted by molar-refractivity contribution is 5.94. The van der Waals surface area contributed by atoms with E-state index in [1.54, 1.807) is 45.1 Å². The maximum Gasteiger partial charge on any atom is 0.506 e. The van der Waals surface area contributed by atoms with Crippen LogP contribution in [0.3, 0.4) is 0 Å². The van der Waals surface area contributed by atoms with Crippen molar-refractivity contribution in [3.63, 3.8) is 0 Å². The maximum atomic E-state index is 13.2. The summed E-state index contributed by atoms with van der Waals surface area (Å²) in [6, 6.07) is 0. The molecule has 13 heteroatoms. The highest BCUT2D eigenvalue weighted by Crippen LogP contribution is 2.33. The lowest BCUT2D eigenvalue weighted by Crippen LogP contribution is -2.42. The maximum absolute atomic E-state index is 13.2. The molecule has 8 atom stereocenters. The number of amides is 2. The van der Waals surface area contributed by atoms with Crippen molar-refractivity contribution in [3.8, 4) is 0 Å². The van der Waals surface area contributed by atoms with Gasteiger partial charge in [0.15, 0.2) is 12.2 Å². The molecule has 2 aliphatic rings. The Morgan fingerprint density at radius 3 is 2.42 bits per heavy atom. The topological polar surface area (TPSA) is 199 Å².